The van der Waals surface area contributed by atoms with Crippen LogP contribution in [0.5, 0.6) is 0 Å². The minimum Gasteiger partial charge on any atom is -0.351 e. The zero-order valence-electron chi connectivity index (χ0n) is 14.9. The largest absolute Gasteiger partial charge is 0.351 e. The Morgan fingerprint density at radius 2 is 1.96 bits per heavy atom. The van der Waals surface area contributed by atoms with Crippen molar-refractivity contribution in [2.24, 2.45) is 0 Å². The lowest BCUT2D eigenvalue weighted by Gasteiger charge is -2.17. The van der Waals surface area contributed by atoms with Gasteiger partial charge in [-0.3, -0.25) is 9.10 Å². The molecule has 0 fully saturated rings. The van der Waals surface area contributed by atoms with Crippen LogP contribution in [0.1, 0.15) is 15.9 Å². The van der Waals surface area contributed by atoms with Gasteiger partial charge in [-0.1, -0.05) is 29.8 Å². The van der Waals surface area contributed by atoms with Gasteiger partial charge in [0.1, 0.15) is 5.82 Å². The molecule has 9 heteroatoms. The van der Waals surface area contributed by atoms with Gasteiger partial charge in [-0.05, 0) is 29.8 Å². The first-order chi connectivity index (χ1) is 12.7. The summed E-state index contributed by atoms with van der Waals surface area (Å²) in [7, 11) is -2.00. The monoisotopic (exact) mass is 430 g/mol. The third kappa shape index (κ3) is 6.12. The molecule has 0 bridgehead atoms. The van der Waals surface area contributed by atoms with Gasteiger partial charge in [0.05, 0.1) is 22.5 Å². The molecule has 0 saturated heterocycles. The molecule has 0 heterocycles. The highest BCUT2D eigenvalue weighted by atomic mass is 35.5. The Kier molecular flexibility index (Phi) is 7.52. The summed E-state index contributed by atoms with van der Waals surface area (Å²) < 4.78 is 37.7. The van der Waals surface area contributed by atoms with E-state index >= 15 is 0 Å². The van der Waals surface area contributed by atoms with E-state index in [1.807, 2.05) is 0 Å². The van der Waals surface area contributed by atoms with Crippen LogP contribution < -0.4 is 9.62 Å². The van der Waals surface area contributed by atoms with Crippen LogP contribution >= 0.6 is 23.4 Å². The standard InChI is InChI=1S/C18H20ClFN2O3S2/c1-22(27(2,24)25)14-7-8-15(16(19)11-14)18(23)21-9-10-26-12-13-5-3-4-6-17(13)20/h3-8,11H,9-10,12H2,1-2H3,(H,21,23). The first-order valence-electron chi connectivity index (χ1n) is 8.03. The van der Waals surface area contributed by atoms with Gasteiger partial charge in [-0.15, -0.1) is 0 Å². The summed E-state index contributed by atoms with van der Waals surface area (Å²) in [5.74, 6) is 0.558. The quantitative estimate of drug-likeness (QED) is 0.650. The van der Waals surface area contributed by atoms with Crippen molar-refractivity contribution in [1.29, 1.82) is 0 Å². The summed E-state index contributed by atoms with van der Waals surface area (Å²) in [6, 6.07) is 11.0. The number of carbonyl (C=O) groups excluding carboxylic acids is 1. The molecule has 0 aliphatic rings. The van der Waals surface area contributed by atoms with Crippen LogP contribution in [0.4, 0.5) is 10.1 Å². The number of benzene rings is 2. The molecule has 146 valence electrons. The Labute approximate surface area is 168 Å². The zero-order valence-corrected chi connectivity index (χ0v) is 17.3. The number of nitrogens with one attached hydrogen (secondary N) is 1. The Bertz CT molecular complexity index is 923. The molecule has 27 heavy (non-hydrogen) atoms. The van der Waals surface area contributed by atoms with Crippen LogP contribution in [0.2, 0.25) is 5.02 Å². The first kappa shape index (κ1) is 21.5. The molecule has 1 amide bonds. The van der Waals surface area contributed by atoms with E-state index in [0.717, 1.165) is 10.6 Å². The van der Waals surface area contributed by atoms with Gasteiger partial charge in [-0.2, -0.15) is 11.8 Å². The zero-order chi connectivity index (χ0) is 20.0. The van der Waals surface area contributed by atoms with Gasteiger partial charge in [0, 0.05) is 25.1 Å². The number of sulfonamides is 1. The molecule has 0 unspecified atom stereocenters. The smallest absolute Gasteiger partial charge is 0.252 e. The molecule has 0 atom stereocenters. The predicted molar refractivity (Wildman–Crippen MR) is 110 cm³/mol. The Balaban J connectivity index is 1.86. The number of hydrogen-bond donors (Lipinski definition) is 1. The maximum Gasteiger partial charge on any atom is 0.252 e. The summed E-state index contributed by atoms with van der Waals surface area (Å²) in [4.78, 5) is 12.2. The van der Waals surface area contributed by atoms with Crippen LogP contribution in [0, 0.1) is 5.82 Å². The Morgan fingerprint density at radius 1 is 1.26 bits per heavy atom. The molecule has 0 spiro atoms. The van der Waals surface area contributed by atoms with E-state index in [1.165, 1.54) is 43.1 Å². The van der Waals surface area contributed by atoms with Crippen molar-refractivity contribution in [2.75, 3.05) is 29.9 Å². The van der Waals surface area contributed by atoms with E-state index in [9.17, 15) is 17.6 Å². The number of nitrogens with zero attached hydrogens (tertiary/aromatic N) is 1. The molecule has 0 aliphatic carbocycles. The van der Waals surface area contributed by atoms with Gasteiger partial charge in [0.15, 0.2) is 0 Å². The molecule has 5 nitrogen and oxygen atoms in total. The fraction of sp³-hybridized carbons (Fsp3) is 0.278. The average molecular weight is 431 g/mol. The van der Waals surface area contributed by atoms with E-state index in [4.69, 9.17) is 11.6 Å². The van der Waals surface area contributed by atoms with E-state index in [1.54, 1.807) is 18.2 Å². The van der Waals surface area contributed by atoms with Crippen molar-refractivity contribution in [3.63, 3.8) is 0 Å². The van der Waals surface area contributed by atoms with Crippen molar-refractivity contribution in [3.8, 4) is 0 Å². The highest BCUT2D eigenvalue weighted by molar-refractivity contribution is 7.98. The lowest BCUT2D eigenvalue weighted by molar-refractivity contribution is 0.0956. The third-order valence-corrected chi connectivity index (χ3v) is 6.33. The van der Waals surface area contributed by atoms with E-state index in [2.05, 4.69) is 5.32 Å². The van der Waals surface area contributed by atoms with Crippen LogP contribution in [0.15, 0.2) is 42.5 Å². The third-order valence-electron chi connectivity index (χ3n) is 3.81. The van der Waals surface area contributed by atoms with Crippen molar-refractivity contribution in [3.05, 3.63) is 64.4 Å². The SMILES string of the molecule is CN(c1ccc(C(=O)NCCSCc2ccccc2F)c(Cl)c1)S(C)(=O)=O. The maximum atomic E-state index is 13.5. The lowest BCUT2D eigenvalue weighted by Crippen LogP contribution is -2.27. The molecule has 2 aromatic rings. The van der Waals surface area contributed by atoms with Crippen molar-refractivity contribution in [1.82, 2.24) is 5.32 Å². The van der Waals surface area contributed by atoms with Crippen molar-refractivity contribution < 1.29 is 17.6 Å². The number of anilines is 1. The molecule has 1 N–H and O–H groups in total. The predicted octanol–water partition coefficient (Wildman–Crippen LogP) is 3.54. The van der Waals surface area contributed by atoms with Crippen molar-refractivity contribution >= 4 is 45.0 Å². The summed E-state index contributed by atoms with van der Waals surface area (Å²) in [5, 5.41) is 2.92. The summed E-state index contributed by atoms with van der Waals surface area (Å²) in [6.45, 7) is 0.402. The molecule has 0 aliphatic heterocycles. The Hall–Kier alpha value is -1.77. The molecular formula is C18H20ClFN2O3S2. The summed E-state index contributed by atoms with van der Waals surface area (Å²) >= 11 is 7.64. The minimum atomic E-state index is -3.41. The molecule has 0 aromatic heterocycles. The van der Waals surface area contributed by atoms with Gasteiger partial charge in [0.25, 0.3) is 5.91 Å². The van der Waals surface area contributed by atoms with Crippen LogP contribution in [-0.2, 0) is 15.8 Å². The van der Waals surface area contributed by atoms with Gasteiger partial charge < -0.3 is 5.32 Å². The topological polar surface area (TPSA) is 66.5 Å². The second kappa shape index (κ2) is 9.43. The van der Waals surface area contributed by atoms with E-state index in [-0.39, 0.29) is 22.3 Å². The van der Waals surface area contributed by atoms with Gasteiger partial charge in [-0.25, -0.2) is 12.8 Å². The normalized spacial score (nSPS) is 11.3. The first-order valence-corrected chi connectivity index (χ1v) is 11.4. The number of halogens is 2. The van der Waals surface area contributed by atoms with Gasteiger partial charge >= 0.3 is 0 Å². The van der Waals surface area contributed by atoms with E-state index < -0.39 is 10.0 Å². The molecule has 0 saturated carbocycles. The van der Waals surface area contributed by atoms with Crippen LogP contribution in [-0.4, -0.2) is 39.9 Å². The van der Waals surface area contributed by atoms with Crippen LogP contribution in [0.3, 0.4) is 0 Å². The average Bonchev–Trinajstić information content (AvgIpc) is 2.61. The van der Waals surface area contributed by atoms with Crippen molar-refractivity contribution in [2.45, 2.75) is 5.75 Å². The van der Waals surface area contributed by atoms with Crippen LogP contribution in [0.25, 0.3) is 0 Å². The Morgan fingerprint density at radius 3 is 2.59 bits per heavy atom. The highest BCUT2D eigenvalue weighted by Crippen LogP contribution is 2.24. The lowest BCUT2D eigenvalue weighted by atomic mass is 10.2. The fourth-order valence-electron chi connectivity index (χ4n) is 2.21. The van der Waals surface area contributed by atoms with Gasteiger partial charge in [0.2, 0.25) is 10.0 Å². The number of thioether (sulfide) groups is 1. The summed E-state index contributed by atoms with van der Waals surface area (Å²) in [6.07, 6.45) is 1.08. The second-order valence-corrected chi connectivity index (χ2v) is 9.32. The highest BCUT2D eigenvalue weighted by Gasteiger charge is 2.16. The molecule has 2 rings (SSSR count). The minimum absolute atomic E-state index is 0.166. The maximum absolute atomic E-state index is 13.5. The number of amides is 1. The molecular weight excluding hydrogens is 411 g/mol. The number of carbonyl (C=O) groups is 1. The second-order valence-electron chi connectivity index (χ2n) is 5.79. The fourth-order valence-corrected chi connectivity index (χ4v) is 3.81. The molecule has 2 aromatic carbocycles. The van der Waals surface area contributed by atoms with E-state index in [0.29, 0.717) is 29.3 Å². The number of rotatable bonds is 8. The molecule has 0 radical (unpaired) electrons. The number of hydrogen-bond acceptors (Lipinski definition) is 4. The summed E-state index contributed by atoms with van der Waals surface area (Å²) in [5.41, 5.74) is 1.27.